The lowest BCUT2D eigenvalue weighted by molar-refractivity contribution is 0.270. The zero-order valence-electron chi connectivity index (χ0n) is 11.7. The van der Waals surface area contributed by atoms with Gasteiger partial charge in [-0.1, -0.05) is 43.7 Å². The molecule has 0 fully saturated rings. The first kappa shape index (κ1) is 14.2. The maximum atomic E-state index is 3.58. The van der Waals surface area contributed by atoms with E-state index in [1.807, 2.05) is 0 Å². The quantitative estimate of drug-likeness (QED) is 0.780. The first-order chi connectivity index (χ1) is 8.15. The number of hydrogen-bond acceptors (Lipinski definition) is 2. The number of nitrogens with zero attached hydrogens (tertiary/aromatic N) is 1. The molecule has 0 heterocycles. The SMILES string of the molecule is CCN(CC)CC(C)NCc1ccc(C)cc1. The monoisotopic (exact) mass is 234 g/mol. The normalized spacial score (nSPS) is 13.0. The molecule has 0 amide bonds. The molecule has 1 aromatic carbocycles. The van der Waals surface area contributed by atoms with Crippen molar-refractivity contribution in [2.45, 2.75) is 40.3 Å². The van der Waals surface area contributed by atoms with Crippen LogP contribution >= 0.6 is 0 Å². The van der Waals surface area contributed by atoms with Gasteiger partial charge >= 0.3 is 0 Å². The van der Waals surface area contributed by atoms with Gasteiger partial charge in [0.2, 0.25) is 0 Å². The minimum Gasteiger partial charge on any atom is -0.309 e. The van der Waals surface area contributed by atoms with Crippen molar-refractivity contribution in [2.24, 2.45) is 0 Å². The van der Waals surface area contributed by atoms with Crippen LogP contribution in [0.5, 0.6) is 0 Å². The van der Waals surface area contributed by atoms with Crippen molar-refractivity contribution in [2.75, 3.05) is 19.6 Å². The molecule has 1 rings (SSSR count). The van der Waals surface area contributed by atoms with Crippen LogP contribution in [-0.4, -0.2) is 30.6 Å². The van der Waals surface area contributed by atoms with Gasteiger partial charge in [0.25, 0.3) is 0 Å². The molecule has 2 heteroatoms. The summed E-state index contributed by atoms with van der Waals surface area (Å²) in [6.45, 7) is 13.2. The van der Waals surface area contributed by atoms with E-state index in [1.165, 1.54) is 11.1 Å². The lowest BCUT2D eigenvalue weighted by Crippen LogP contribution is -2.38. The van der Waals surface area contributed by atoms with Crippen LogP contribution in [0.1, 0.15) is 31.9 Å². The van der Waals surface area contributed by atoms with E-state index in [-0.39, 0.29) is 0 Å². The highest BCUT2D eigenvalue weighted by Crippen LogP contribution is 2.03. The first-order valence-electron chi connectivity index (χ1n) is 6.67. The van der Waals surface area contributed by atoms with Crippen LogP contribution in [0, 0.1) is 6.92 Å². The first-order valence-corrected chi connectivity index (χ1v) is 6.67. The van der Waals surface area contributed by atoms with Crippen molar-refractivity contribution < 1.29 is 0 Å². The molecule has 96 valence electrons. The molecule has 0 bridgehead atoms. The van der Waals surface area contributed by atoms with Gasteiger partial charge in [0, 0.05) is 19.1 Å². The number of likely N-dealkylation sites (N-methyl/N-ethyl adjacent to an activating group) is 1. The van der Waals surface area contributed by atoms with Gasteiger partial charge in [0.1, 0.15) is 0 Å². The van der Waals surface area contributed by atoms with Crippen molar-refractivity contribution in [3.05, 3.63) is 35.4 Å². The Labute approximate surface area is 106 Å². The fourth-order valence-electron chi connectivity index (χ4n) is 1.93. The van der Waals surface area contributed by atoms with Gasteiger partial charge in [-0.2, -0.15) is 0 Å². The van der Waals surface area contributed by atoms with Crippen LogP contribution in [0.2, 0.25) is 0 Å². The summed E-state index contributed by atoms with van der Waals surface area (Å²) in [6.07, 6.45) is 0. The second-order valence-corrected chi connectivity index (χ2v) is 4.75. The molecule has 0 saturated heterocycles. The molecule has 0 aromatic heterocycles. The average Bonchev–Trinajstić information content (AvgIpc) is 2.35. The van der Waals surface area contributed by atoms with Crippen LogP contribution in [0.3, 0.4) is 0 Å². The van der Waals surface area contributed by atoms with Crippen molar-refractivity contribution >= 4 is 0 Å². The molecule has 0 radical (unpaired) electrons. The van der Waals surface area contributed by atoms with Gasteiger partial charge in [-0.05, 0) is 32.5 Å². The van der Waals surface area contributed by atoms with Gasteiger partial charge in [0.05, 0.1) is 0 Å². The third kappa shape index (κ3) is 5.33. The molecule has 0 saturated carbocycles. The minimum atomic E-state index is 0.538. The maximum absolute atomic E-state index is 3.58. The Balaban J connectivity index is 2.32. The summed E-state index contributed by atoms with van der Waals surface area (Å²) >= 11 is 0. The van der Waals surface area contributed by atoms with Gasteiger partial charge < -0.3 is 10.2 Å². The summed E-state index contributed by atoms with van der Waals surface area (Å²) < 4.78 is 0. The molecule has 1 atom stereocenters. The lowest BCUT2D eigenvalue weighted by atomic mass is 10.1. The smallest absolute Gasteiger partial charge is 0.0208 e. The molecule has 1 aromatic rings. The number of nitrogens with one attached hydrogen (secondary N) is 1. The highest BCUT2D eigenvalue weighted by molar-refractivity contribution is 5.21. The summed E-state index contributed by atoms with van der Waals surface area (Å²) in [5.41, 5.74) is 2.69. The molecule has 0 aliphatic rings. The van der Waals surface area contributed by atoms with Crippen molar-refractivity contribution in [1.29, 1.82) is 0 Å². The second kappa shape index (κ2) is 7.46. The van der Waals surface area contributed by atoms with Gasteiger partial charge in [0.15, 0.2) is 0 Å². The number of benzene rings is 1. The summed E-state index contributed by atoms with van der Waals surface area (Å²) in [5, 5.41) is 3.58. The lowest BCUT2D eigenvalue weighted by Gasteiger charge is -2.23. The number of hydrogen-bond donors (Lipinski definition) is 1. The van der Waals surface area contributed by atoms with Crippen molar-refractivity contribution in [3.63, 3.8) is 0 Å². The van der Waals surface area contributed by atoms with E-state index in [1.54, 1.807) is 0 Å². The van der Waals surface area contributed by atoms with Crippen molar-refractivity contribution in [3.8, 4) is 0 Å². The minimum absolute atomic E-state index is 0.538. The second-order valence-electron chi connectivity index (χ2n) is 4.75. The van der Waals surface area contributed by atoms with E-state index in [0.29, 0.717) is 6.04 Å². The highest BCUT2D eigenvalue weighted by Gasteiger charge is 2.06. The Morgan fingerprint density at radius 2 is 1.71 bits per heavy atom. The van der Waals surface area contributed by atoms with Gasteiger partial charge in [-0.25, -0.2) is 0 Å². The summed E-state index contributed by atoms with van der Waals surface area (Å²) in [4.78, 5) is 2.45. The van der Waals surface area contributed by atoms with E-state index in [0.717, 1.165) is 26.2 Å². The molecule has 0 aliphatic carbocycles. The maximum Gasteiger partial charge on any atom is 0.0208 e. The van der Waals surface area contributed by atoms with Crippen LogP contribution < -0.4 is 5.32 Å². The predicted molar refractivity (Wildman–Crippen MR) is 75.3 cm³/mol. The summed E-state index contributed by atoms with van der Waals surface area (Å²) in [6, 6.07) is 9.29. The molecular formula is C15H26N2. The van der Waals surface area contributed by atoms with Gasteiger partial charge in [-0.15, -0.1) is 0 Å². The zero-order valence-corrected chi connectivity index (χ0v) is 11.7. The molecule has 17 heavy (non-hydrogen) atoms. The topological polar surface area (TPSA) is 15.3 Å². The summed E-state index contributed by atoms with van der Waals surface area (Å²) in [5.74, 6) is 0. The Kier molecular flexibility index (Phi) is 6.23. The van der Waals surface area contributed by atoms with Crippen LogP contribution in [0.4, 0.5) is 0 Å². The Bertz CT molecular complexity index is 301. The fraction of sp³-hybridized carbons (Fsp3) is 0.600. The zero-order chi connectivity index (χ0) is 12.7. The molecule has 1 N–H and O–H groups in total. The third-order valence-corrected chi connectivity index (χ3v) is 3.20. The molecule has 2 nitrogen and oxygen atoms in total. The van der Waals surface area contributed by atoms with E-state index >= 15 is 0 Å². The predicted octanol–water partition coefficient (Wildman–Crippen LogP) is 2.81. The third-order valence-electron chi connectivity index (χ3n) is 3.20. The Morgan fingerprint density at radius 1 is 1.12 bits per heavy atom. The molecule has 0 spiro atoms. The van der Waals surface area contributed by atoms with Crippen LogP contribution in [0.15, 0.2) is 24.3 Å². The Morgan fingerprint density at radius 3 is 2.24 bits per heavy atom. The Hall–Kier alpha value is -0.860. The molecular weight excluding hydrogens is 208 g/mol. The van der Waals surface area contributed by atoms with Crippen molar-refractivity contribution in [1.82, 2.24) is 10.2 Å². The number of aryl methyl sites for hydroxylation is 1. The van der Waals surface area contributed by atoms with Crippen LogP contribution in [0.25, 0.3) is 0 Å². The highest BCUT2D eigenvalue weighted by atomic mass is 15.1. The summed E-state index contributed by atoms with van der Waals surface area (Å²) in [7, 11) is 0. The van der Waals surface area contributed by atoms with E-state index < -0.39 is 0 Å². The van der Waals surface area contributed by atoms with E-state index in [9.17, 15) is 0 Å². The standard InChI is InChI=1S/C15H26N2/c1-5-17(6-2)12-14(4)16-11-15-9-7-13(3)8-10-15/h7-10,14,16H,5-6,11-12H2,1-4H3. The largest absolute Gasteiger partial charge is 0.309 e. The fourth-order valence-corrected chi connectivity index (χ4v) is 1.93. The average molecular weight is 234 g/mol. The molecule has 1 unspecified atom stereocenters. The van der Waals surface area contributed by atoms with E-state index in [2.05, 4.69) is 62.2 Å². The van der Waals surface area contributed by atoms with Crippen LogP contribution in [-0.2, 0) is 6.54 Å². The number of rotatable bonds is 7. The van der Waals surface area contributed by atoms with E-state index in [4.69, 9.17) is 0 Å². The molecule has 0 aliphatic heterocycles. The van der Waals surface area contributed by atoms with Gasteiger partial charge in [-0.3, -0.25) is 0 Å².